The van der Waals surface area contributed by atoms with Crippen LogP contribution in [-0.2, 0) is 9.59 Å². The number of benzene rings is 2. The Morgan fingerprint density at radius 2 is 1.36 bits per heavy atom. The molecule has 0 aliphatic heterocycles. The van der Waals surface area contributed by atoms with Gasteiger partial charge in [-0.3, -0.25) is 14.5 Å². The average Bonchev–Trinajstić information content (AvgIpc) is 2.51. The summed E-state index contributed by atoms with van der Waals surface area (Å²) in [6, 6.07) is 15.3. The Kier molecular flexibility index (Phi) is 4.68. The van der Waals surface area contributed by atoms with Crippen LogP contribution < -0.4 is 10.6 Å². The lowest BCUT2D eigenvalue weighted by Crippen LogP contribution is -2.34. The molecule has 0 saturated heterocycles. The zero-order valence-electron chi connectivity index (χ0n) is 12.5. The molecule has 2 aromatic carbocycles. The second-order valence-corrected chi connectivity index (χ2v) is 4.93. The maximum Gasteiger partial charge on any atom is 0.312 e. The summed E-state index contributed by atoms with van der Waals surface area (Å²) in [5.41, 5.74) is 9.66. The SMILES string of the molecule is Cc1ccc(N(C(N)=NC(=O)C=O)c2ccc(C)cc2)cc1. The number of nitrogens with two attached hydrogens (primary N) is 1. The summed E-state index contributed by atoms with van der Waals surface area (Å²) >= 11 is 0. The van der Waals surface area contributed by atoms with Crippen LogP contribution in [0, 0.1) is 13.8 Å². The number of amides is 1. The molecule has 0 aromatic heterocycles. The molecule has 0 unspecified atom stereocenters. The Bertz CT molecular complexity index is 658. The van der Waals surface area contributed by atoms with Crippen molar-refractivity contribution < 1.29 is 9.59 Å². The summed E-state index contributed by atoms with van der Waals surface area (Å²) in [5.74, 6) is -0.966. The van der Waals surface area contributed by atoms with Gasteiger partial charge in [0.2, 0.25) is 12.2 Å². The first-order valence-corrected chi connectivity index (χ1v) is 6.78. The Hall–Kier alpha value is -2.95. The fraction of sp³-hybridized carbons (Fsp3) is 0.118. The van der Waals surface area contributed by atoms with Gasteiger partial charge in [-0.25, -0.2) is 0 Å². The van der Waals surface area contributed by atoms with Crippen LogP contribution in [0.1, 0.15) is 11.1 Å². The summed E-state index contributed by atoms with van der Waals surface area (Å²) in [6.07, 6.45) is 0.134. The van der Waals surface area contributed by atoms with Crippen molar-refractivity contribution in [1.82, 2.24) is 0 Å². The molecular weight excluding hydrogens is 278 g/mol. The van der Waals surface area contributed by atoms with Crippen molar-refractivity contribution in [2.24, 2.45) is 10.7 Å². The van der Waals surface area contributed by atoms with E-state index in [9.17, 15) is 9.59 Å². The Balaban J connectivity index is 2.51. The van der Waals surface area contributed by atoms with Gasteiger partial charge < -0.3 is 5.73 Å². The standard InChI is InChI=1S/C17H17N3O2/c1-12-3-7-14(8-4-12)20(17(18)19-16(22)11-21)15-9-5-13(2)6-10-15/h3-11H,1-2H3,(H2,18,19,22). The number of aryl methyl sites for hydroxylation is 2. The lowest BCUT2D eigenvalue weighted by atomic mass is 10.1. The zero-order valence-corrected chi connectivity index (χ0v) is 12.5. The predicted octanol–water partition coefficient (Wildman–Crippen LogP) is 2.48. The molecule has 112 valence electrons. The molecular formula is C17H17N3O2. The van der Waals surface area contributed by atoms with Crippen LogP contribution in [-0.4, -0.2) is 18.2 Å². The Labute approximate surface area is 129 Å². The molecule has 5 heteroatoms. The second kappa shape index (κ2) is 6.67. The fourth-order valence-electron chi connectivity index (χ4n) is 1.99. The third kappa shape index (κ3) is 3.58. The van der Waals surface area contributed by atoms with Gasteiger partial charge in [0.1, 0.15) is 0 Å². The van der Waals surface area contributed by atoms with Crippen molar-refractivity contribution in [2.45, 2.75) is 13.8 Å². The van der Waals surface area contributed by atoms with E-state index < -0.39 is 5.91 Å². The molecule has 0 radical (unpaired) electrons. The van der Waals surface area contributed by atoms with Gasteiger partial charge in [-0.15, -0.1) is 0 Å². The molecule has 0 aliphatic rings. The van der Waals surface area contributed by atoms with E-state index >= 15 is 0 Å². The summed E-state index contributed by atoms with van der Waals surface area (Å²) in [5, 5.41) is 0. The van der Waals surface area contributed by atoms with Gasteiger partial charge in [0.05, 0.1) is 0 Å². The van der Waals surface area contributed by atoms with E-state index in [-0.39, 0.29) is 12.2 Å². The van der Waals surface area contributed by atoms with Gasteiger partial charge in [0.25, 0.3) is 0 Å². The van der Waals surface area contributed by atoms with E-state index in [4.69, 9.17) is 5.73 Å². The number of hydrogen-bond acceptors (Lipinski definition) is 2. The van der Waals surface area contributed by atoms with Crippen molar-refractivity contribution in [3.63, 3.8) is 0 Å². The maximum atomic E-state index is 11.2. The summed E-state index contributed by atoms with van der Waals surface area (Å²) in [7, 11) is 0. The van der Waals surface area contributed by atoms with Crippen LogP contribution in [0.2, 0.25) is 0 Å². The summed E-state index contributed by atoms with van der Waals surface area (Å²) in [6.45, 7) is 3.96. The van der Waals surface area contributed by atoms with Crippen LogP contribution in [0.5, 0.6) is 0 Å². The van der Waals surface area contributed by atoms with Gasteiger partial charge in [-0.1, -0.05) is 35.4 Å². The van der Waals surface area contributed by atoms with Crippen molar-refractivity contribution in [1.29, 1.82) is 0 Å². The summed E-state index contributed by atoms with van der Waals surface area (Å²) < 4.78 is 0. The van der Waals surface area contributed by atoms with Gasteiger partial charge in [-0.05, 0) is 38.1 Å². The molecule has 0 heterocycles. The largest absolute Gasteiger partial charge is 0.369 e. The Morgan fingerprint density at radius 1 is 0.955 bits per heavy atom. The highest BCUT2D eigenvalue weighted by Crippen LogP contribution is 2.25. The highest BCUT2D eigenvalue weighted by Gasteiger charge is 2.14. The lowest BCUT2D eigenvalue weighted by molar-refractivity contribution is -0.128. The van der Waals surface area contributed by atoms with Crippen molar-refractivity contribution >= 4 is 29.5 Å². The zero-order chi connectivity index (χ0) is 16.1. The number of guanidine groups is 1. The van der Waals surface area contributed by atoms with Gasteiger partial charge >= 0.3 is 5.91 Å². The first kappa shape index (κ1) is 15.4. The van der Waals surface area contributed by atoms with Gasteiger partial charge in [0.15, 0.2) is 0 Å². The molecule has 2 N–H and O–H groups in total. The molecule has 0 bridgehead atoms. The minimum Gasteiger partial charge on any atom is -0.369 e. The highest BCUT2D eigenvalue weighted by molar-refractivity contribution is 6.27. The van der Waals surface area contributed by atoms with E-state index in [0.29, 0.717) is 0 Å². The van der Waals surface area contributed by atoms with E-state index in [2.05, 4.69) is 4.99 Å². The molecule has 0 fully saturated rings. The van der Waals surface area contributed by atoms with Crippen LogP contribution in [0.15, 0.2) is 53.5 Å². The van der Waals surface area contributed by atoms with Gasteiger partial charge in [0, 0.05) is 11.4 Å². The molecule has 2 aromatic rings. The Morgan fingerprint density at radius 3 is 1.73 bits per heavy atom. The van der Waals surface area contributed by atoms with E-state index in [1.165, 1.54) is 0 Å². The topological polar surface area (TPSA) is 75.8 Å². The van der Waals surface area contributed by atoms with Crippen LogP contribution in [0.4, 0.5) is 11.4 Å². The summed E-state index contributed by atoms with van der Waals surface area (Å²) in [4.78, 5) is 27.0. The molecule has 22 heavy (non-hydrogen) atoms. The van der Waals surface area contributed by atoms with Gasteiger partial charge in [-0.2, -0.15) is 4.99 Å². The quantitative estimate of drug-likeness (QED) is 0.408. The molecule has 0 atom stereocenters. The number of hydrogen-bond donors (Lipinski definition) is 1. The number of carbonyl (C=O) groups excluding carboxylic acids is 2. The minimum absolute atomic E-state index is 0.0511. The fourth-order valence-corrected chi connectivity index (χ4v) is 1.99. The lowest BCUT2D eigenvalue weighted by Gasteiger charge is -2.23. The molecule has 0 aliphatic carbocycles. The van der Waals surface area contributed by atoms with Crippen molar-refractivity contribution in [3.8, 4) is 0 Å². The van der Waals surface area contributed by atoms with E-state index in [0.717, 1.165) is 22.5 Å². The van der Waals surface area contributed by atoms with Crippen molar-refractivity contribution in [3.05, 3.63) is 59.7 Å². The minimum atomic E-state index is -0.915. The average molecular weight is 295 g/mol. The number of rotatable bonds is 3. The van der Waals surface area contributed by atoms with Crippen molar-refractivity contribution in [2.75, 3.05) is 4.90 Å². The normalized spacial score (nSPS) is 11.1. The number of aliphatic imine (C=N–C) groups is 1. The highest BCUT2D eigenvalue weighted by atomic mass is 16.2. The smallest absolute Gasteiger partial charge is 0.312 e. The predicted molar refractivity (Wildman–Crippen MR) is 87.2 cm³/mol. The second-order valence-electron chi connectivity index (χ2n) is 4.93. The van der Waals surface area contributed by atoms with E-state index in [1.807, 2.05) is 62.4 Å². The first-order chi connectivity index (χ1) is 10.5. The van der Waals surface area contributed by atoms with Crippen LogP contribution >= 0.6 is 0 Å². The molecule has 1 amide bonds. The third-order valence-corrected chi connectivity index (χ3v) is 3.14. The first-order valence-electron chi connectivity index (χ1n) is 6.78. The number of anilines is 2. The molecule has 0 spiro atoms. The number of aldehydes is 1. The molecule has 0 saturated carbocycles. The number of nitrogens with zero attached hydrogens (tertiary/aromatic N) is 2. The third-order valence-electron chi connectivity index (χ3n) is 3.14. The van der Waals surface area contributed by atoms with E-state index in [1.54, 1.807) is 4.90 Å². The number of carbonyl (C=O) groups is 2. The monoisotopic (exact) mass is 295 g/mol. The van der Waals surface area contributed by atoms with Crippen LogP contribution in [0.3, 0.4) is 0 Å². The van der Waals surface area contributed by atoms with Crippen LogP contribution in [0.25, 0.3) is 0 Å². The maximum absolute atomic E-state index is 11.2. The molecule has 5 nitrogen and oxygen atoms in total. The molecule has 2 rings (SSSR count).